The fraction of sp³-hybridized carbons (Fsp3) is 0.227. The van der Waals surface area contributed by atoms with Gasteiger partial charge in [0.1, 0.15) is 0 Å². The van der Waals surface area contributed by atoms with Crippen LogP contribution in [0.2, 0.25) is 0 Å². The average Bonchev–Trinajstić information content (AvgIpc) is 2.68. The first-order chi connectivity index (χ1) is 13.5. The van der Waals surface area contributed by atoms with Gasteiger partial charge in [-0.2, -0.15) is 0 Å². The molecule has 0 saturated carbocycles. The van der Waals surface area contributed by atoms with E-state index >= 15 is 0 Å². The maximum Gasteiger partial charge on any atom is 0.307 e. The summed E-state index contributed by atoms with van der Waals surface area (Å²) in [6.45, 7) is 1.93. The van der Waals surface area contributed by atoms with Gasteiger partial charge in [0.25, 0.3) is 5.91 Å². The zero-order valence-electron chi connectivity index (χ0n) is 15.5. The van der Waals surface area contributed by atoms with E-state index in [4.69, 9.17) is 0 Å². The highest BCUT2D eigenvalue weighted by atomic mass is 16.4. The number of carbonyl (C=O) groups excluding carboxylic acids is 2. The number of anilines is 2. The molecule has 0 unspecified atom stereocenters. The summed E-state index contributed by atoms with van der Waals surface area (Å²) >= 11 is 0. The van der Waals surface area contributed by atoms with Gasteiger partial charge in [-0.3, -0.25) is 14.4 Å². The number of hydrogen-bond donors (Lipinski definition) is 3. The molecule has 0 saturated heterocycles. The summed E-state index contributed by atoms with van der Waals surface area (Å²) in [4.78, 5) is 36.9. The molecule has 0 radical (unpaired) electrons. The van der Waals surface area contributed by atoms with Gasteiger partial charge in [0, 0.05) is 5.69 Å². The van der Waals surface area contributed by atoms with E-state index in [9.17, 15) is 19.5 Å². The van der Waals surface area contributed by atoms with Crippen molar-refractivity contribution in [3.63, 3.8) is 0 Å². The molecular weight excluding hydrogens is 356 g/mol. The minimum Gasteiger partial charge on any atom is -0.481 e. The van der Waals surface area contributed by atoms with Gasteiger partial charge in [-0.25, -0.2) is 0 Å². The standard InChI is InChI=1S/C22H22N2O4/c1-14-7-6-8-15(13-14)23-21(26)18-11-4-5-12-19(18)24-20(25)16-9-2-3-10-17(16)22(27)28/h2-8,11-13,16-17H,9-10H2,1H3,(H,23,26)(H,24,25)(H,27,28)/t16-,17-/m0/s1. The van der Waals surface area contributed by atoms with Gasteiger partial charge < -0.3 is 15.7 Å². The van der Waals surface area contributed by atoms with Crippen molar-refractivity contribution >= 4 is 29.2 Å². The Labute approximate surface area is 163 Å². The summed E-state index contributed by atoms with van der Waals surface area (Å²) < 4.78 is 0. The smallest absolute Gasteiger partial charge is 0.307 e. The van der Waals surface area contributed by atoms with Crippen molar-refractivity contribution in [2.45, 2.75) is 19.8 Å². The third-order valence-corrected chi connectivity index (χ3v) is 4.79. The Bertz CT molecular complexity index is 936. The molecule has 144 valence electrons. The lowest BCUT2D eigenvalue weighted by Gasteiger charge is -2.24. The number of carboxylic acids is 1. The summed E-state index contributed by atoms with van der Waals surface area (Å²) in [6.07, 6.45) is 4.29. The van der Waals surface area contributed by atoms with Crippen molar-refractivity contribution in [2.24, 2.45) is 11.8 Å². The minimum absolute atomic E-state index is 0.315. The zero-order valence-corrected chi connectivity index (χ0v) is 15.5. The number of nitrogens with one attached hydrogen (secondary N) is 2. The van der Waals surface area contributed by atoms with Crippen molar-refractivity contribution in [2.75, 3.05) is 10.6 Å². The van der Waals surface area contributed by atoms with E-state index in [1.54, 1.807) is 36.4 Å². The molecule has 6 heteroatoms. The summed E-state index contributed by atoms with van der Waals surface area (Å²) in [6, 6.07) is 14.1. The number of hydrogen-bond acceptors (Lipinski definition) is 3. The van der Waals surface area contributed by atoms with Gasteiger partial charge in [-0.05, 0) is 49.6 Å². The first-order valence-corrected chi connectivity index (χ1v) is 9.11. The highest BCUT2D eigenvalue weighted by molar-refractivity contribution is 6.10. The largest absolute Gasteiger partial charge is 0.481 e. The number of aliphatic carboxylic acids is 1. The second kappa shape index (κ2) is 8.52. The lowest BCUT2D eigenvalue weighted by molar-refractivity contribution is -0.146. The van der Waals surface area contributed by atoms with Crippen LogP contribution in [0.4, 0.5) is 11.4 Å². The molecule has 6 nitrogen and oxygen atoms in total. The van der Waals surface area contributed by atoms with E-state index in [-0.39, 0.29) is 5.91 Å². The Balaban J connectivity index is 1.78. The molecule has 0 aliphatic heterocycles. The van der Waals surface area contributed by atoms with Gasteiger partial charge in [0.15, 0.2) is 0 Å². The number of amides is 2. The van der Waals surface area contributed by atoms with Gasteiger partial charge in [0.05, 0.1) is 23.1 Å². The lowest BCUT2D eigenvalue weighted by Crippen LogP contribution is -2.35. The van der Waals surface area contributed by atoms with E-state index in [2.05, 4.69) is 10.6 Å². The number of aryl methyl sites for hydroxylation is 1. The molecule has 3 rings (SSSR count). The predicted octanol–water partition coefficient (Wildman–Crippen LogP) is 3.85. The summed E-state index contributed by atoms with van der Waals surface area (Å²) in [5.74, 6) is -3.17. The molecule has 0 fully saturated rings. The Hall–Kier alpha value is -3.41. The number of carboxylic acid groups (broad SMARTS) is 1. The molecule has 0 aromatic heterocycles. The molecule has 3 N–H and O–H groups in total. The Morgan fingerprint density at radius 3 is 2.36 bits per heavy atom. The van der Waals surface area contributed by atoms with Crippen molar-refractivity contribution in [1.82, 2.24) is 0 Å². The molecule has 2 amide bonds. The minimum atomic E-state index is -0.991. The molecule has 2 aromatic rings. The highest BCUT2D eigenvalue weighted by Gasteiger charge is 2.34. The number of carbonyl (C=O) groups is 3. The maximum absolute atomic E-state index is 12.7. The van der Waals surface area contributed by atoms with Crippen LogP contribution in [-0.2, 0) is 9.59 Å². The van der Waals surface area contributed by atoms with E-state index in [0.29, 0.717) is 29.8 Å². The van der Waals surface area contributed by atoms with Crippen LogP contribution in [0.5, 0.6) is 0 Å². The van der Waals surface area contributed by atoms with E-state index < -0.39 is 23.7 Å². The van der Waals surface area contributed by atoms with Crippen molar-refractivity contribution in [1.29, 1.82) is 0 Å². The van der Waals surface area contributed by atoms with Gasteiger partial charge >= 0.3 is 5.97 Å². The summed E-state index contributed by atoms with van der Waals surface area (Å²) in [7, 11) is 0. The topological polar surface area (TPSA) is 95.5 Å². The maximum atomic E-state index is 12.7. The quantitative estimate of drug-likeness (QED) is 0.689. The fourth-order valence-corrected chi connectivity index (χ4v) is 3.31. The van der Waals surface area contributed by atoms with Crippen LogP contribution in [0.3, 0.4) is 0 Å². The Morgan fingerprint density at radius 1 is 0.929 bits per heavy atom. The molecular formula is C22H22N2O4. The van der Waals surface area contributed by atoms with Crippen LogP contribution in [0.1, 0.15) is 28.8 Å². The predicted molar refractivity (Wildman–Crippen MR) is 107 cm³/mol. The van der Waals surface area contributed by atoms with Crippen LogP contribution in [0.15, 0.2) is 60.7 Å². The van der Waals surface area contributed by atoms with Gasteiger partial charge in [-0.15, -0.1) is 0 Å². The fourth-order valence-electron chi connectivity index (χ4n) is 3.31. The molecule has 2 aromatic carbocycles. The first kappa shape index (κ1) is 19.4. The van der Waals surface area contributed by atoms with E-state index in [1.165, 1.54) is 0 Å². The van der Waals surface area contributed by atoms with Crippen molar-refractivity contribution in [3.8, 4) is 0 Å². The molecule has 2 atom stereocenters. The monoisotopic (exact) mass is 378 g/mol. The number of para-hydroxylation sites is 1. The van der Waals surface area contributed by atoms with Crippen LogP contribution in [0.25, 0.3) is 0 Å². The van der Waals surface area contributed by atoms with E-state index in [1.807, 2.05) is 31.2 Å². The molecule has 0 heterocycles. The summed E-state index contributed by atoms with van der Waals surface area (Å²) in [5, 5.41) is 14.9. The number of benzene rings is 2. The summed E-state index contributed by atoms with van der Waals surface area (Å²) in [5.41, 5.74) is 2.35. The van der Waals surface area contributed by atoms with Crippen molar-refractivity contribution < 1.29 is 19.5 Å². The van der Waals surface area contributed by atoms with Crippen LogP contribution < -0.4 is 10.6 Å². The molecule has 28 heavy (non-hydrogen) atoms. The van der Waals surface area contributed by atoms with E-state index in [0.717, 1.165) is 5.56 Å². The molecule has 0 spiro atoms. The number of rotatable bonds is 5. The lowest BCUT2D eigenvalue weighted by atomic mass is 9.82. The zero-order chi connectivity index (χ0) is 20.1. The van der Waals surface area contributed by atoms with Gasteiger partial charge in [0.2, 0.25) is 5.91 Å². The normalized spacial score (nSPS) is 18.3. The van der Waals surface area contributed by atoms with Crippen LogP contribution in [-0.4, -0.2) is 22.9 Å². The second-order valence-electron chi connectivity index (χ2n) is 6.85. The van der Waals surface area contributed by atoms with Crippen molar-refractivity contribution in [3.05, 3.63) is 71.8 Å². The second-order valence-corrected chi connectivity index (χ2v) is 6.85. The third-order valence-electron chi connectivity index (χ3n) is 4.79. The third kappa shape index (κ3) is 4.46. The molecule has 1 aliphatic rings. The average molecular weight is 378 g/mol. The highest BCUT2D eigenvalue weighted by Crippen LogP contribution is 2.28. The Morgan fingerprint density at radius 2 is 1.64 bits per heavy atom. The number of allylic oxidation sites excluding steroid dienone is 2. The van der Waals surface area contributed by atoms with Gasteiger partial charge in [-0.1, -0.05) is 36.4 Å². The SMILES string of the molecule is Cc1cccc(NC(=O)c2ccccc2NC(=O)[C@H]2CC=CC[C@@H]2C(=O)O)c1. The first-order valence-electron chi connectivity index (χ1n) is 9.11. The Kier molecular flexibility index (Phi) is 5.89. The van der Waals surface area contributed by atoms with Crippen LogP contribution >= 0.6 is 0 Å². The molecule has 1 aliphatic carbocycles. The molecule has 0 bridgehead atoms. The van der Waals surface area contributed by atoms with Crippen LogP contribution in [0, 0.1) is 18.8 Å².